The molecule has 1 aromatic rings. The van der Waals surface area contributed by atoms with Gasteiger partial charge in [-0.15, -0.1) is 0 Å². The van der Waals surface area contributed by atoms with Gasteiger partial charge in [-0.05, 0) is 55.6 Å². The molecule has 4 unspecified atom stereocenters. The van der Waals surface area contributed by atoms with Crippen molar-refractivity contribution in [3.05, 3.63) is 30.1 Å². The third kappa shape index (κ3) is 4.56. The van der Waals surface area contributed by atoms with Gasteiger partial charge in [0.05, 0.1) is 0 Å². The molecule has 22 heavy (non-hydrogen) atoms. The van der Waals surface area contributed by atoms with Crippen molar-refractivity contribution in [2.75, 3.05) is 0 Å². The van der Waals surface area contributed by atoms with Crippen molar-refractivity contribution in [2.24, 2.45) is 23.7 Å². The molecule has 1 fully saturated rings. The van der Waals surface area contributed by atoms with Crippen molar-refractivity contribution in [1.29, 1.82) is 0 Å². The SMILES string of the molecule is CC1CCC(C(C)C)C(C(=O)NC(C)Cc2cccnc2)C1. The van der Waals surface area contributed by atoms with Crippen molar-refractivity contribution in [3.63, 3.8) is 0 Å². The molecule has 1 heterocycles. The van der Waals surface area contributed by atoms with Gasteiger partial charge < -0.3 is 5.32 Å². The van der Waals surface area contributed by atoms with Crippen LogP contribution in [0.25, 0.3) is 0 Å². The van der Waals surface area contributed by atoms with Crippen LogP contribution in [0, 0.1) is 23.7 Å². The number of carbonyl (C=O) groups excluding carboxylic acids is 1. The van der Waals surface area contributed by atoms with Crippen molar-refractivity contribution in [1.82, 2.24) is 10.3 Å². The highest BCUT2D eigenvalue weighted by Gasteiger charge is 2.35. The molecule has 1 amide bonds. The fraction of sp³-hybridized carbons (Fsp3) is 0.684. The first-order chi connectivity index (χ1) is 10.5. The number of hydrogen-bond donors (Lipinski definition) is 1. The van der Waals surface area contributed by atoms with E-state index in [1.54, 1.807) is 6.20 Å². The molecular formula is C19H30N2O. The van der Waals surface area contributed by atoms with E-state index in [9.17, 15) is 4.79 Å². The number of aromatic nitrogens is 1. The maximum Gasteiger partial charge on any atom is 0.223 e. The molecule has 4 atom stereocenters. The zero-order chi connectivity index (χ0) is 16.1. The number of rotatable bonds is 5. The smallest absolute Gasteiger partial charge is 0.223 e. The Morgan fingerprint density at radius 2 is 2.14 bits per heavy atom. The van der Waals surface area contributed by atoms with Gasteiger partial charge >= 0.3 is 0 Å². The van der Waals surface area contributed by atoms with Crippen molar-refractivity contribution < 1.29 is 4.79 Å². The zero-order valence-electron chi connectivity index (χ0n) is 14.4. The van der Waals surface area contributed by atoms with Crippen LogP contribution in [0.5, 0.6) is 0 Å². The monoisotopic (exact) mass is 302 g/mol. The van der Waals surface area contributed by atoms with E-state index in [0.717, 1.165) is 12.8 Å². The molecule has 0 saturated heterocycles. The normalized spacial score (nSPS) is 26.7. The van der Waals surface area contributed by atoms with Crippen LogP contribution >= 0.6 is 0 Å². The summed E-state index contributed by atoms with van der Waals surface area (Å²) in [4.78, 5) is 16.9. The Morgan fingerprint density at radius 1 is 1.36 bits per heavy atom. The van der Waals surface area contributed by atoms with Gasteiger partial charge in [0.1, 0.15) is 0 Å². The summed E-state index contributed by atoms with van der Waals surface area (Å²) < 4.78 is 0. The van der Waals surface area contributed by atoms with Crippen LogP contribution in [0.1, 0.15) is 52.5 Å². The van der Waals surface area contributed by atoms with Crippen LogP contribution in [0.3, 0.4) is 0 Å². The summed E-state index contributed by atoms with van der Waals surface area (Å²) >= 11 is 0. The molecule has 1 aromatic heterocycles. The molecule has 0 radical (unpaired) electrons. The van der Waals surface area contributed by atoms with Crippen LogP contribution in [-0.4, -0.2) is 16.9 Å². The second-order valence-corrected chi connectivity index (χ2v) is 7.41. The maximum absolute atomic E-state index is 12.7. The summed E-state index contributed by atoms with van der Waals surface area (Å²) in [6.45, 7) is 8.86. The van der Waals surface area contributed by atoms with Crippen LogP contribution in [0.2, 0.25) is 0 Å². The molecule has 0 aliphatic heterocycles. The molecule has 122 valence electrons. The predicted molar refractivity (Wildman–Crippen MR) is 90.4 cm³/mol. The number of nitrogens with zero attached hydrogens (tertiary/aromatic N) is 1. The predicted octanol–water partition coefficient (Wildman–Crippen LogP) is 3.84. The average molecular weight is 302 g/mol. The number of carbonyl (C=O) groups is 1. The summed E-state index contributed by atoms with van der Waals surface area (Å²) in [7, 11) is 0. The van der Waals surface area contributed by atoms with E-state index < -0.39 is 0 Å². The van der Waals surface area contributed by atoms with Gasteiger partial charge in [0.15, 0.2) is 0 Å². The topological polar surface area (TPSA) is 42.0 Å². The molecule has 3 heteroatoms. The van der Waals surface area contributed by atoms with E-state index >= 15 is 0 Å². The van der Waals surface area contributed by atoms with Crippen molar-refractivity contribution >= 4 is 5.91 Å². The zero-order valence-corrected chi connectivity index (χ0v) is 14.4. The van der Waals surface area contributed by atoms with Crippen LogP contribution in [0.15, 0.2) is 24.5 Å². The third-order valence-corrected chi connectivity index (χ3v) is 5.01. The molecule has 1 N–H and O–H groups in total. The largest absolute Gasteiger partial charge is 0.353 e. The Kier molecular flexibility index (Phi) is 5.98. The fourth-order valence-corrected chi connectivity index (χ4v) is 3.78. The third-order valence-electron chi connectivity index (χ3n) is 5.01. The lowest BCUT2D eigenvalue weighted by Crippen LogP contribution is -2.44. The lowest BCUT2D eigenvalue weighted by molar-refractivity contribution is -0.129. The van der Waals surface area contributed by atoms with Gasteiger partial charge in [-0.1, -0.05) is 33.3 Å². The second-order valence-electron chi connectivity index (χ2n) is 7.41. The van der Waals surface area contributed by atoms with E-state index in [1.165, 1.54) is 18.4 Å². The summed E-state index contributed by atoms with van der Waals surface area (Å²) in [5, 5.41) is 3.24. The summed E-state index contributed by atoms with van der Waals surface area (Å²) in [6, 6.07) is 4.17. The van der Waals surface area contributed by atoms with E-state index in [1.807, 2.05) is 12.3 Å². The van der Waals surface area contributed by atoms with Crippen molar-refractivity contribution in [3.8, 4) is 0 Å². The number of amides is 1. The number of hydrogen-bond acceptors (Lipinski definition) is 2. The van der Waals surface area contributed by atoms with E-state index in [-0.39, 0.29) is 17.9 Å². The summed E-state index contributed by atoms with van der Waals surface area (Å²) in [5.41, 5.74) is 1.17. The molecule has 3 nitrogen and oxygen atoms in total. The molecule has 1 saturated carbocycles. The Bertz CT molecular complexity index is 472. The first-order valence-electron chi connectivity index (χ1n) is 8.66. The lowest BCUT2D eigenvalue weighted by Gasteiger charge is -2.37. The van der Waals surface area contributed by atoms with Crippen LogP contribution in [-0.2, 0) is 11.2 Å². The first kappa shape index (κ1) is 17.0. The standard InChI is InChI=1S/C19H30N2O/c1-13(2)17-8-7-14(3)10-18(17)19(22)21-15(4)11-16-6-5-9-20-12-16/h5-6,9,12-15,17-18H,7-8,10-11H2,1-4H3,(H,21,22). The Balaban J connectivity index is 1.94. The quantitative estimate of drug-likeness (QED) is 0.898. The first-order valence-corrected chi connectivity index (χ1v) is 8.66. The minimum atomic E-state index is 0.154. The lowest BCUT2D eigenvalue weighted by atomic mass is 9.69. The minimum absolute atomic E-state index is 0.154. The average Bonchev–Trinajstić information content (AvgIpc) is 2.47. The Labute approximate surface area is 134 Å². The van der Waals surface area contributed by atoms with Crippen molar-refractivity contribution in [2.45, 2.75) is 59.4 Å². The highest BCUT2D eigenvalue weighted by atomic mass is 16.1. The fourth-order valence-electron chi connectivity index (χ4n) is 3.78. The minimum Gasteiger partial charge on any atom is -0.353 e. The van der Waals surface area contributed by atoms with Gasteiger partial charge in [-0.3, -0.25) is 9.78 Å². The summed E-state index contributed by atoms with van der Waals surface area (Å²) in [5.74, 6) is 2.21. The number of nitrogens with one attached hydrogen (secondary N) is 1. The van der Waals surface area contributed by atoms with Gasteiger partial charge in [0.2, 0.25) is 5.91 Å². The van der Waals surface area contributed by atoms with Gasteiger partial charge in [0.25, 0.3) is 0 Å². The molecule has 0 aromatic carbocycles. The molecule has 0 spiro atoms. The second kappa shape index (κ2) is 7.75. The Morgan fingerprint density at radius 3 is 2.77 bits per heavy atom. The van der Waals surface area contributed by atoms with Crippen LogP contribution in [0.4, 0.5) is 0 Å². The molecule has 0 bridgehead atoms. The molecule has 1 aliphatic carbocycles. The summed E-state index contributed by atoms with van der Waals surface area (Å²) in [6.07, 6.45) is 7.99. The Hall–Kier alpha value is -1.38. The maximum atomic E-state index is 12.7. The number of pyridine rings is 1. The van der Waals surface area contributed by atoms with E-state index in [2.05, 4.69) is 44.1 Å². The highest BCUT2D eigenvalue weighted by molar-refractivity contribution is 5.79. The molecular weight excluding hydrogens is 272 g/mol. The molecule has 2 rings (SSSR count). The van der Waals surface area contributed by atoms with Gasteiger partial charge in [-0.25, -0.2) is 0 Å². The van der Waals surface area contributed by atoms with Gasteiger partial charge in [0, 0.05) is 24.4 Å². The van der Waals surface area contributed by atoms with Gasteiger partial charge in [-0.2, -0.15) is 0 Å². The van der Waals surface area contributed by atoms with E-state index in [4.69, 9.17) is 0 Å². The van der Waals surface area contributed by atoms with E-state index in [0.29, 0.717) is 17.8 Å². The van der Waals surface area contributed by atoms with Crippen LogP contribution < -0.4 is 5.32 Å². The highest BCUT2D eigenvalue weighted by Crippen LogP contribution is 2.38. The molecule has 1 aliphatic rings.